The second-order valence-corrected chi connectivity index (χ2v) is 5.97. The fourth-order valence-corrected chi connectivity index (χ4v) is 3.29. The Balaban J connectivity index is 1.95. The first kappa shape index (κ1) is 14.3. The molecule has 0 radical (unpaired) electrons. The van der Waals surface area contributed by atoms with E-state index >= 15 is 0 Å². The van der Waals surface area contributed by atoms with Crippen molar-refractivity contribution in [3.8, 4) is 5.75 Å². The highest BCUT2D eigenvalue weighted by atomic mass is 32.1. The number of nitrogens with two attached hydrogens (primary N) is 2. The number of benzene rings is 2. The van der Waals surface area contributed by atoms with Crippen LogP contribution < -0.4 is 20.8 Å². The van der Waals surface area contributed by atoms with Gasteiger partial charge in [-0.05, 0) is 41.7 Å². The Hall–Kier alpha value is -2.60. The zero-order valence-electron chi connectivity index (χ0n) is 12.1. The van der Waals surface area contributed by atoms with E-state index in [-0.39, 0.29) is 12.3 Å². The number of hydrogen-bond donors (Lipinski definition) is 2. The maximum atomic E-state index is 12.5. The minimum Gasteiger partial charge on any atom is -0.497 e. The van der Waals surface area contributed by atoms with Gasteiger partial charge in [-0.25, -0.2) is 4.57 Å². The molecule has 2 aromatic carbocycles. The van der Waals surface area contributed by atoms with E-state index in [4.69, 9.17) is 16.2 Å². The Kier molecular flexibility index (Phi) is 3.68. The van der Waals surface area contributed by atoms with Crippen LogP contribution in [0.2, 0.25) is 0 Å². The Bertz CT molecular complexity index is 858. The second kappa shape index (κ2) is 5.65. The van der Waals surface area contributed by atoms with Gasteiger partial charge in [0.2, 0.25) is 5.78 Å². The fourth-order valence-electron chi connectivity index (χ4n) is 2.32. The lowest BCUT2D eigenvalue weighted by Crippen LogP contribution is -2.39. The van der Waals surface area contributed by atoms with Crippen LogP contribution in [-0.4, -0.2) is 12.9 Å². The Labute approximate surface area is 131 Å². The number of Topliss-reactive ketones (excluding diaryl/α,β-unsaturated/α-hetero) is 1. The molecule has 5 nitrogen and oxygen atoms in total. The SMILES string of the molecule is COc1cccc(C(=O)C[n+]2c(N)sc3cc(N)ccc32)c1. The number of carbonyl (C=O) groups excluding carboxylic acids is 1. The average molecular weight is 314 g/mol. The summed E-state index contributed by atoms with van der Waals surface area (Å²) in [5.41, 5.74) is 14.0. The van der Waals surface area contributed by atoms with Gasteiger partial charge in [0, 0.05) is 11.3 Å². The largest absolute Gasteiger partial charge is 0.497 e. The molecule has 0 bridgehead atoms. The summed E-state index contributed by atoms with van der Waals surface area (Å²) in [6.45, 7) is 0.183. The summed E-state index contributed by atoms with van der Waals surface area (Å²) in [6, 6.07) is 12.7. The van der Waals surface area contributed by atoms with Crippen molar-refractivity contribution >= 4 is 38.2 Å². The first-order chi connectivity index (χ1) is 10.6. The molecule has 4 N–H and O–H groups in total. The smallest absolute Gasteiger partial charge is 0.333 e. The zero-order chi connectivity index (χ0) is 15.7. The van der Waals surface area contributed by atoms with Gasteiger partial charge in [-0.1, -0.05) is 12.1 Å². The molecule has 0 aliphatic heterocycles. The molecule has 22 heavy (non-hydrogen) atoms. The van der Waals surface area contributed by atoms with Crippen LogP contribution in [0.5, 0.6) is 5.75 Å². The molecular formula is C16H16N3O2S+. The van der Waals surface area contributed by atoms with Crippen molar-refractivity contribution in [3.05, 3.63) is 48.0 Å². The highest BCUT2D eigenvalue weighted by Gasteiger charge is 2.19. The topological polar surface area (TPSA) is 82.2 Å². The van der Waals surface area contributed by atoms with Crippen molar-refractivity contribution in [1.29, 1.82) is 0 Å². The van der Waals surface area contributed by atoms with Crippen LogP contribution in [0.4, 0.5) is 10.8 Å². The summed E-state index contributed by atoms with van der Waals surface area (Å²) in [4.78, 5) is 12.5. The third-order valence-corrected chi connectivity index (χ3v) is 4.43. The van der Waals surface area contributed by atoms with Crippen molar-refractivity contribution in [2.24, 2.45) is 0 Å². The second-order valence-electron chi connectivity index (χ2n) is 4.91. The summed E-state index contributed by atoms with van der Waals surface area (Å²) >= 11 is 1.42. The van der Waals surface area contributed by atoms with Gasteiger partial charge in [-0.2, -0.15) is 0 Å². The molecule has 0 saturated carbocycles. The number of methoxy groups -OCH3 is 1. The van der Waals surface area contributed by atoms with Gasteiger partial charge < -0.3 is 10.5 Å². The van der Waals surface area contributed by atoms with Crippen molar-refractivity contribution in [2.45, 2.75) is 6.54 Å². The summed E-state index contributed by atoms with van der Waals surface area (Å²) in [6.07, 6.45) is 0. The molecule has 0 saturated heterocycles. The van der Waals surface area contributed by atoms with Gasteiger partial charge in [-0.15, -0.1) is 0 Å². The van der Waals surface area contributed by atoms with Gasteiger partial charge in [0.25, 0.3) is 0 Å². The molecular weight excluding hydrogens is 298 g/mol. The molecule has 3 aromatic rings. The molecule has 0 aliphatic carbocycles. The van der Waals surface area contributed by atoms with Crippen molar-refractivity contribution in [3.63, 3.8) is 0 Å². The van der Waals surface area contributed by atoms with Gasteiger partial charge in [-0.3, -0.25) is 10.5 Å². The summed E-state index contributed by atoms with van der Waals surface area (Å²) in [5.74, 6) is 0.638. The van der Waals surface area contributed by atoms with E-state index in [0.29, 0.717) is 22.1 Å². The Morgan fingerprint density at radius 2 is 2.05 bits per heavy atom. The molecule has 3 rings (SSSR count). The predicted molar refractivity (Wildman–Crippen MR) is 88.2 cm³/mol. The molecule has 1 aromatic heterocycles. The first-order valence-corrected chi connectivity index (χ1v) is 7.54. The number of aromatic nitrogens is 1. The molecule has 0 spiro atoms. The van der Waals surface area contributed by atoms with Crippen LogP contribution >= 0.6 is 11.3 Å². The number of carbonyl (C=O) groups is 1. The maximum absolute atomic E-state index is 12.5. The van der Waals surface area contributed by atoms with Crippen LogP contribution in [0, 0.1) is 0 Å². The van der Waals surface area contributed by atoms with Gasteiger partial charge in [0.15, 0.2) is 6.54 Å². The number of thiazole rings is 1. The first-order valence-electron chi connectivity index (χ1n) is 6.73. The lowest BCUT2D eigenvalue weighted by atomic mass is 10.1. The lowest BCUT2D eigenvalue weighted by Gasteiger charge is -2.03. The van der Waals surface area contributed by atoms with Crippen LogP contribution in [0.15, 0.2) is 42.5 Å². The van der Waals surface area contributed by atoms with Gasteiger partial charge >= 0.3 is 5.13 Å². The van der Waals surface area contributed by atoms with Crippen LogP contribution in [0.25, 0.3) is 10.2 Å². The molecule has 0 amide bonds. The molecule has 6 heteroatoms. The molecule has 0 unspecified atom stereocenters. The van der Waals surface area contributed by atoms with E-state index in [9.17, 15) is 4.79 Å². The van der Waals surface area contributed by atoms with Gasteiger partial charge in [0.1, 0.15) is 11.3 Å². The van der Waals surface area contributed by atoms with Crippen molar-refractivity contribution < 1.29 is 14.1 Å². The number of rotatable bonds is 4. The summed E-state index contributed by atoms with van der Waals surface area (Å²) in [5, 5.41) is 0.580. The van der Waals surface area contributed by atoms with Crippen LogP contribution in [0.3, 0.4) is 0 Å². The quantitative estimate of drug-likeness (QED) is 0.439. The summed E-state index contributed by atoms with van der Waals surface area (Å²) in [7, 11) is 1.58. The van der Waals surface area contributed by atoms with E-state index in [1.807, 2.05) is 12.1 Å². The molecule has 1 heterocycles. The zero-order valence-corrected chi connectivity index (χ0v) is 12.9. The van der Waals surface area contributed by atoms with Gasteiger partial charge in [0.05, 0.1) is 11.8 Å². The lowest BCUT2D eigenvalue weighted by molar-refractivity contribution is -0.638. The Morgan fingerprint density at radius 3 is 2.82 bits per heavy atom. The number of hydrogen-bond acceptors (Lipinski definition) is 5. The highest BCUT2D eigenvalue weighted by Crippen LogP contribution is 2.24. The molecule has 0 fully saturated rings. The number of nitrogens with zero attached hydrogens (tertiary/aromatic N) is 1. The van der Waals surface area contributed by atoms with E-state index < -0.39 is 0 Å². The number of anilines is 2. The van der Waals surface area contributed by atoms with E-state index in [0.717, 1.165) is 10.2 Å². The average Bonchev–Trinajstić information content (AvgIpc) is 2.82. The maximum Gasteiger partial charge on any atom is 0.333 e. The predicted octanol–water partition coefficient (Wildman–Crippen LogP) is 2.24. The Morgan fingerprint density at radius 1 is 1.23 bits per heavy atom. The third kappa shape index (κ3) is 2.60. The normalized spacial score (nSPS) is 10.8. The van der Waals surface area contributed by atoms with E-state index in [2.05, 4.69) is 0 Å². The standard InChI is InChI=1S/C16H15N3O2S/c1-21-12-4-2-3-10(7-12)14(20)9-19-13-6-5-11(17)8-15(13)22-16(19)18/h2-8,18H,9,17H2,1H3/p+1. The minimum atomic E-state index is -0.0212. The molecule has 112 valence electrons. The van der Waals surface area contributed by atoms with Crippen molar-refractivity contribution in [2.75, 3.05) is 18.6 Å². The van der Waals surface area contributed by atoms with Crippen molar-refractivity contribution in [1.82, 2.24) is 0 Å². The van der Waals surface area contributed by atoms with Crippen LogP contribution in [-0.2, 0) is 6.54 Å². The molecule has 0 aliphatic rings. The fraction of sp³-hybridized carbons (Fsp3) is 0.125. The van der Waals surface area contributed by atoms with E-state index in [1.54, 1.807) is 42.0 Å². The number of ether oxygens (including phenoxy) is 1. The number of nitrogen functional groups attached to an aromatic ring is 2. The molecule has 0 atom stereocenters. The highest BCUT2D eigenvalue weighted by molar-refractivity contribution is 7.21. The number of ketones is 1. The van der Waals surface area contributed by atoms with Crippen LogP contribution in [0.1, 0.15) is 10.4 Å². The monoisotopic (exact) mass is 314 g/mol. The third-order valence-electron chi connectivity index (χ3n) is 3.45. The van der Waals surface area contributed by atoms with E-state index in [1.165, 1.54) is 11.3 Å². The summed E-state index contributed by atoms with van der Waals surface area (Å²) < 4.78 is 7.93. The number of fused-ring (bicyclic) bond motifs is 1. The minimum absolute atomic E-state index is 0.0212.